The van der Waals surface area contributed by atoms with Gasteiger partial charge in [0.2, 0.25) is 5.13 Å². The zero-order valence-electron chi connectivity index (χ0n) is 13.5. The van der Waals surface area contributed by atoms with E-state index in [2.05, 4.69) is 15.5 Å². The summed E-state index contributed by atoms with van der Waals surface area (Å²) in [7, 11) is 1.60. The van der Waals surface area contributed by atoms with Gasteiger partial charge < -0.3 is 18.9 Å². The van der Waals surface area contributed by atoms with Crippen LogP contribution in [0.4, 0.5) is 5.13 Å². The van der Waals surface area contributed by atoms with E-state index in [1.807, 2.05) is 30.5 Å². The minimum absolute atomic E-state index is 0.313. The molecule has 0 radical (unpaired) electrons. The van der Waals surface area contributed by atoms with E-state index in [0.29, 0.717) is 31.3 Å². The van der Waals surface area contributed by atoms with E-state index in [9.17, 15) is 0 Å². The molecule has 2 heterocycles. The highest BCUT2D eigenvalue weighted by Gasteiger charge is 2.17. The van der Waals surface area contributed by atoms with Gasteiger partial charge in [-0.05, 0) is 30.7 Å². The second-order valence-electron chi connectivity index (χ2n) is 5.06. The first kappa shape index (κ1) is 16.7. The Morgan fingerprint density at radius 3 is 2.92 bits per heavy atom. The summed E-state index contributed by atoms with van der Waals surface area (Å²) in [6.45, 7) is 3.45. The fourth-order valence-electron chi connectivity index (χ4n) is 2.12. The van der Waals surface area contributed by atoms with Gasteiger partial charge in [-0.3, -0.25) is 5.43 Å². The van der Waals surface area contributed by atoms with E-state index in [4.69, 9.17) is 18.9 Å². The van der Waals surface area contributed by atoms with Crippen molar-refractivity contribution in [2.45, 2.75) is 13.2 Å². The molecule has 2 aromatic rings. The Hall–Kier alpha value is -2.16. The van der Waals surface area contributed by atoms with Gasteiger partial charge in [-0.25, -0.2) is 4.98 Å². The van der Waals surface area contributed by atoms with Crippen molar-refractivity contribution in [3.05, 3.63) is 34.8 Å². The summed E-state index contributed by atoms with van der Waals surface area (Å²) in [4.78, 5) is 4.28. The minimum atomic E-state index is -0.332. The van der Waals surface area contributed by atoms with Crippen LogP contribution in [0.2, 0.25) is 0 Å². The van der Waals surface area contributed by atoms with Crippen molar-refractivity contribution < 1.29 is 18.9 Å². The van der Waals surface area contributed by atoms with Gasteiger partial charge in [-0.1, -0.05) is 0 Å². The zero-order valence-corrected chi connectivity index (χ0v) is 14.3. The third-order valence-electron chi connectivity index (χ3n) is 3.25. The standard InChI is InChI=1S/C16H19N3O4S/c1-11-10-24-16(18-11)19-17-8-12-3-4-13(20-2)14(7-12)23-9-15-21-5-6-22-15/h3-4,7-8,10,15H,5-6,9H2,1-2H3,(H,18,19). The van der Waals surface area contributed by atoms with E-state index in [1.165, 1.54) is 11.3 Å². The Bertz CT molecular complexity index is 698. The van der Waals surface area contributed by atoms with Crippen molar-refractivity contribution in [3.8, 4) is 11.5 Å². The lowest BCUT2D eigenvalue weighted by atomic mass is 10.2. The molecule has 0 atom stereocenters. The van der Waals surface area contributed by atoms with E-state index < -0.39 is 0 Å². The molecular formula is C16H19N3O4S. The number of rotatable bonds is 7. The van der Waals surface area contributed by atoms with Crippen molar-refractivity contribution in [1.29, 1.82) is 0 Å². The van der Waals surface area contributed by atoms with Crippen LogP contribution in [0, 0.1) is 6.92 Å². The predicted molar refractivity (Wildman–Crippen MR) is 92.2 cm³/mol. The van der Waals surface area contributed by atoms with Gasteiger partial charge >= 0.3 is 0 Å². The SMILES string of the molecule is COc1ccc(C=NNc2nc(C)cs2)cc1OCC1OCCO1. The van der Waals surface area contributed by atoms with Crippen LogP contribution in [0.1, 0.15) is 11.3 Å². The van der Waals surface area contributed by atoms with Crippen molar-refractivity contribution in [2.24, 2.45) is 5.10 Å². The molecule has 1 aliphatic heterocycles. The van der Waals surface area contributed by atoms with Crippen LogP contribution in [0.3, 0.4) is 0 Å². The highest BCUT2D eigenvalue weighted by atomic mass is 32.1. The zero-order chi connectivity index (χ0) is 16.8. The molecule has 1 aromatic carbocycles. The Kier molecular flexibility index (Phi) is 5.63. The number of hydrogen-bond donors (Lipinski definition) is 1. The van der Waals surface area contributed by atoms with E-state index in [1.54, 1.807) is 13.3 Å². The quantitative estimate of drug-likeness (QED) is 0.612. The molecular weight excluding hydrogens is 330 g/mol. The van der Waals surface area contributed by atoms with Crippen LogP contribution in [0.5, 0.6) is 11.5 Å². The highest BCUT2D eigenvalue weighted by molar-refractivity contribution is 7.13. The Labute approximate surface area is 144 Å². The van der Waals surface area contributed by atoms with Gasteiger partial charge in [0.15, 0.2) is 17.8 Å². The predicted octanol–water partition coefficient (Wildman–Crippen LogP) is 2.66. The van der Waals surface area contributed by atoms with Crippen LogP contribution in [-0.4, -0.2) is 44.4 Å². The highest BCUT2D eigenvalue weighted by Crippen LogP contribution is 2.28. The number of hydrazone groups is 1. The molecule has 8 heteroatoms. The maximum absolute atomic E-state index is 5.75. The fourth-order valence-corrected chi connectivity index (χ4v) is 2.75. The minimum Gasteiger partial charge on any atom is -0.493 e. The number of nitrogens with one attached hydrogen (secondary N) is 1. The van der Waals surface area contributed by atoms with E-state index in [0.717, 1.165) is 16.4 Å². The summed E-state index contributed by atoms with van der Waals surface area (Å²) in [5.41, 5.74) is 4.75. The second kappa shape index (κ2) is 8.09. The first-order valence-corrected chi connectivity index (χ1v) is 8.38. The topological polar surface area (TPSA) is 74.2 Å². The van der Waals surface area contributed by atoms with Gasteiger partial charge in [0.1, 0.15) is 6.61 Å². The number of thiazole rings is 1. The molecule has 1 N–H and O–H groups in total. The van der Waals surface area contributed by atoms with Gasteiger partial charge in [-0.15, -0.1) is 11.3 Å². The monoisotopic (exact) mass is 349 g/mol. The smallest absolute Gasteiger partial charge is 0.203 e. The lowest BCUT2D eigenvalue weighted by Gasteiger charge is -2.14. The third kappa shape index (κ3) is 4.44. The lowest BCUT2D eigenvalue weighted by molar-refractivity contribution is -0.0687. The number of aromatic nitrogens is 1. The number of aryl methyl sites for hydroxylation is 1. The van der Waals surface area contributed by atoms with Crippen molar-refractivity contribution >= 4 is 22.7 Å². The maximum atomic E-state index is 5.75. The number of benzene rings is 1. The third-order valence-corrected chi connectivity index (χ3v) is 4.11. The molecule has 0 spiro atoms. The molecule has 0 saturated carbocycles. The van der Waals surface area contributed by atoms with Crippen LogP contribution >= 0.6 is 11.3 Å². The van der Waals surface area contributed by atoms with Crippen molar-refractivity contribution in [2.75, 3.05) is 32.4 Å². The number of ether oxygens (including phenoxy) is 4. The molecule has 0 amide bonds. The molecule has 128 valence electrons. The van der Waals surface area contributed by atoms with Gasteiger partial charge in [0.25, 0.3) is 0 Å². The Balaban J connectivity index is 1.63. The number of hydrogen-bond acceptors (Lipinski definition) is 8. The lowest BCUT2D eigenvalue weighted by Crippen LogP contribution is -2.18. The summed E-state index contributed by atoms with van der Waals surface area (Å²) < 4.78 is 21.8. The van der Waals surface area contributed by atoms with E-state index in [-0.39, 0.29) is 6.29 Å². The normalized spacial score (nSPS) is 15.1. The fraction of sp³-hybridized carbons (Fsp3) is 0.375. The molecule has 0 aliphatic carbocycles. The average molecular weight is 349 g/mol. The Morgan fingerprint density at radius 1 is 1.38 bits per heavy atom. The molecule has 1 saturated heterocycles. The van der Waals surface area contributed by atoms with Crippen LogP contribution < -0.4 is 14.9 Å². The molecule has 3 rings (SSSR count). The summed E-state index contributed by atoms with van der Waals surface area (Å²) in [5.74, 6) is 1.26. The molecule has 0 unspecified atom stereocenters. The summed E-state index contributed by atoms with van der Waals surface area (Å²) >= 11 is 1.51. The molecule has 1 fully saturated rings. The van der Waals surface area contributed by atoms with Crippen molar-refractivity contribution in [3.63, 3.8) is 0 Å². The van der Waals surface area contributed by atoms with Crippen LogP contribution in [0.15, 0.2) is 28.7 Å². The Morgan fingerprint density at radius 2 is 2.21 bits per heavy atom. The number of anilines is 1. The average Bonchev–Trinajstić information content (AvgIpc) is 3.25. The van der Waals surface area contributed by atoms with Crippen LogP contribution in [0.25, 0.3) is 0 Å². The number of methoxy groups -OCH3 is 1. The van der Waals surface area contributed by atoms with Gasteiger partial charge in [0, 0.05) is 5.38 Å². The van der Waals surface area contributed by atoms with Crippen molar-refractivity contribution in [1.82, 2.24) is 4.98 Å². The molecule has 24 heavy (non-hydrogen) atoms. The maximum Gasteiger partial charge on any atom is 0.203 e. The largest absolute Gasteiger partial charge is 0.493 e. The molecule has 1 aromatic heterocycles. The van der Waals surface area contributed by atoms with Crippen LogP contribution in [-0.2, 0) is 9.47 Å². The summed E-state index contributed by atoms with van der Waals surface area (Å²) in [5, 5.41) is 6.90. The molecule has 1 aliphatic rings. The van der Waals surface area contributed by atoms with Gasteiger partial charge in [0.05, 0.1) is 32.2 Å². The molecule has 7 nitrogen and oxygen atoms in total. The number of nitrogens with zero attached hydrogens (tertiary/aromatic N) is 2. The summed E-state index contributed by atoms with van der Waals surface area (Å²) in [6, 6.07) is 5.58. The molecule has 0 bridgehead atoms. The summed E-state index contributed by atoms with van der Waals surface area (Å²) in [6.07, 6.45) is 1.37. The van der Waals surface area contributed by atoms with E-state index >= 15 is 0 Å². The second-order valence-corrected chi connectivity index (χ2v) is 5.91. The van der Waals surface area contributed by atoms with Gasteiger partial charge in [-0.2, -0.15) is 5.10 Å². The first-order chi connectivity index (χ1) is 11.7. The first-order valence-electron chi connectivity index (χ1n) is 7.50.